The van der Waals surface area contributed by atoms with E-state index in [0.29, 0.717) is 30.1 Å². The molecule has 172 valence electrons. The van der Waals surface area contributed by atoms with Crippen LogP contribution in [-0.2, 0) is 19.1 Å². The summed E-state index contributed by atoms with van der Waals surface area (Å²) in [5, 5.41) is 2.70. The molecule has 0 unspecified atom stereocenters. The number of nitrogens with zero attached hydrogens (tertiary/aromatic N) is 2. The first-order chi connectivity index (χ1) is 14.7. The molecule has 0 aromatic heterocycles. The Morgan fingerprint density at radius 3 is 2.55 bits per heavy atom. The van der Waals surface area contributed by atoms with Gasteiger partial charge in [0.25, 0.3) is 5.91 Å². The van der Waals surface area contributed by atoms with E-state index in [2.05, 4.69) is 5.32 Å². The minimum Gasteiger partial charge on any atom is -0.491 e. The molecule has 0 fully saturated rings. The Hall–Kier alpha value is -2.65. The van der Waals surface area contributed by atoms with Gasteiger partial charge in [0.15, 0.2) is 0 Å². The SMILES string of the molecule is COCC(=O)Nc1ccc2c(c1)C(=O)N(C)C[C@H](OC)[C@H](C)CN(C(C)=O)[C@@H](C)CO2. The van der Waals surface area contributed by atoms with Crippen LogP contribution in [0.2, 0.25) is 0 Å². The van der Waals surface area contributed by atoms with Gasteiger partial charge in [0.05, 0.1) is 17.7 Å². The van der Waals surface area contributed by atoms with Gasteiger partial charge in [0, 0.05) is 52.9 Å². The highest BCUT2D eigenvalue weighted by Gasteiger charge is 2.29. The average molecular weight is 436 g/mol. The quantitative estimate of drug-likeness (QED) is 0.772. The number of amides is 3. The van der Waals surface area contributed by atoms with Crippen LogP contribution < -0.4 is 10.1 Å². The zero-order valence-electron chi connectivity index (χ0n) is 19.1. The highest BCUT2D eigenvalue weighted by Crippen LogP contribution is 2.26. The Balaban J connectivity index is 2.42. The van der Waals surface area contributed by atoms with Crippen LogP contribution >= 0.6 is 0 Å². The van der Waals surface area contributed by atoms with E-state index in [-0.39, 0.29) is 49.0 Å². The molecule has 9 heteroatoms. The maximum absolute atomic E-state index is 13.2. The summed E-state index contributed by atoms with van der Waals surface area (Å²) < 4.78 is 16.4. The number of methoxy groups -OCH3 is 2. The van der Waals surface area contributed by atoms with Crippen LogP contribution in [0, 0.1) is 5.92 Å². The minimum absolute atomic E-state index is 0.00478. The maximum Gasteiger partial charge on any atom is 0.257 e. The molecule has 0 saturated heterocycles. The average Bonchev–Trinajstić information content (AvgIpc) is 2.72. The highest BCUT2D eigenvalue weighted by atomic mass is 16.5. The first-order valence-electron chi connectivity index (χ1n) is 10.3. The van der Waals surface area contributed by atoms with Crippen LogP contribution in [0.15, 0.2) is 18.2 Å². The first kappa shape index (κ1) is 24.6. The molecule has 1 heterocycles. The van der Waals surface area contributed by atoms with Gasteiger partial charge in [0.1, 0.15) is 19.0 Å². The Bertz CT molecular complexity index is 799. The van der Waals surface area contributed by atoms with Gasteiger partial charge in [-0.05, 0) is 25.1 Å². The Kier molecular flexibility index (Phi) is 8.82. The van der Waals surface area contributed by atoms with Crippen molar-refractivity contribution in [2.24, 2.45) is 5.92 Å². The number of hydrogen-bond acceptors (Lipinski definition) is 6. The van der Waals surface area contributed by atoms with Crippen LogP contribution in [-0.4, -0.2) is 87.2 Å². The highest BCUT2D eigenvalue weighted by molar-refractivity contribution is 5.99. The van der Waals surface area contributed by atoms with Gasteiger partial charge >= 0.3 is 0 Å². The summed E-state index contributed by atoms with van der Waals surface area (Å²) in [4.78, 5) is 40.7. The molecule has 1 N–H and O–H groups in total. The van der Waals surface area contributed by atoms with Crippen molar-refractivity contribution in [2.45, 2.75) is 32.9 Å². The van der Waals surface area contributed by atoms with E-state index in [1.165, 1.54) is 14.0 Å². The van der Waals surface area contributed by atoms with Crippen molar-refractivity contribution in [3.63, 3.8) is 0 Å². The van der Waals surface area contributed by atoms with E-state index >= 15 is 0 Å². The van der Waals surface area contributed by atoms with Gasteiger partial charge in [-0.15, -0.1) is 0 Å². The molecule has 3 amide bonds. The van der Waals surface area contributed by atoms with Crippen LogP contribution in [0.3, 0.4) is 0 Å². The number of anilines is 1. The van der Waals surface area contributed by atoms with Gasteiger partial charge in [-0.25, -0.2) is 0 Å². The zero-order chi connectivity index (χ0) is 23.1. The lowest BCUT2D eigenvalue weighted by Gasteiger charge is -2.35. The zero-order valence-corrected chi connectivity index (χ0v) is 19.1. The van der Waals surface area contributed by atoms with Crippen molar-refractivity contribution in [3.8, 4) is 5.75 Å². The van der Waals surface area contributed by atoms with Crippen LogP contribution in [0.1, 0.15) is 31.1 Å². The molecule has 1 aromatic rings. The lowest BCUT2D eigenvalue weighted by atomic mass is 10.0. The maximum atomic E-state index is 13.2. The molecule has 1 aliphatic rings. The second-order valence-corrected chi connectivity index (χ2v) is 7.96. The summed E-state index contributed by atoms with van der Waals surface area (Å²) in [6.45, 7) is 6.42. The number of likely N-dealkylation sites (N-methyl/N-ethyl adjacent to an activating group) is 1. The predicted octanol–water partition coefficient (Wildman–Crippen LogP) is 1.62. The normalized spacial score (nSPS) is 22.6. The summed E-state index contributed by atoms with van der Waals surface area (Å²) in [6, 6.07) is 4.71. The first-order valence-corrected chi connectivity index (χ1v) is 10.3. The monoisotopic (exact) mass is 435 g/mol. The second kappa shape index (κ2) is 11.1. The fourth-order valence-corrected chi connectivity index (χ4v) is 3.62. The third-order valence-corrected chi connectivity index (χ3v) is 5.41. The molecule has 1 aromatic carbocycles. The summed E-state index contributed by atoms with van der Waals surface area (Å²) in [5.41, 5.74) is 0.788. The standard InChI is InChI=1S/C22H33N3O6/c1-14-10-25(16(3)26)15(2)12-31-19-8-7-17(23-21(27)13-29-5)9-18(19)22(28)24(4)11-20(14)30-6/h7-9,14-15,20H,10-13H2,1-6H3,(H,23,27)/t14-,15+,20+/m1/s1. The molecule has 0 radical (unpaired) electrons. The van der Waals surface area contributed by atoms with Crippen molar-refractivity contribution >= 4 is 23.4 Å². The van der Waals surface area contributed by atoms with E-state index in [1.807, 2.05) is 13.8 Å². The summed E-state index contributed by atoms with van der Waals surface area (Å²) in [6.07, 6.45) is -0.253. The number of rotatable bonds is 4. The number of carbonyl (C=O) groups excluding carboxylic acids is 3. The smallest absolute Gasteiger partial charge is 0.257 e. The molecular weight excluding hydrogens is 402 g/mol. The third kappa shape index (κ3) is 6.41. The summed E-state index contributed by atoms with van der Waals surface area (Å²) in [5.74, 6) is -0.222. The minimum atomic E-state index is -0.323. The topological polar surface area (TPSA) is 97.4 Å². The van der Waals surface area contributed by atoms with Crippen molar-refractivity contribution in [1.29, 1.82) is 0 Å². The molecule has 1 aliphatic heterocycles. The Morgan fingerprint density at radius 2 is 1.94 bits per heavy atom. The summed E-state index contributed by atoms with van der Waals surface area (Å²) in [7, 11) is 4.73. The molecule has 3 atom stereocenters. The van der Waals surface area contributed by atoms with Crippen molar-refractivity contribution < 1.29 is 28.6 Å². The molecular formula is C22H33N3O6. The Labute approximate surface area is 183 Å². The van der Waals surface area contributed by atoms with Crippen molar-refractivity contribution in [3.05, 3.63) is 23.8 Å². The molecule has 2 rings (SSSR count). The molecule has 0 aliphatic carbocycles. The van der Waals surface area contributed by atoms with Crippen molar-refractivity contribution in [2.75, 3.05) is 52.9 Å². The van der Waals surface area contributed by atoms with Gasteiger partial charge < -0.3 is 29.3 Å². The predicted molar refractivity (Wildman–Crippen MR) is 116 cm³/mol. The number of nitrogens with one attached hydrogen (secondary N) is 1. The number of benzene rings is 1. The lowest BCUT2D eigenvalue weighted by molar-refractivity contribution is -0.133. The van der Waals surface area contributed by atoms with E-state index in [0.717, 1.165) is 0 Å². The molecule has 0 bridgehead atoms. The largest absolute Gasteiger partial charge is 0.491 e. The lowest BCUT2D eigenvalue weighted by Crippen LogP contribution is -2.48. The number of hydrogen-bond donors (Lipinski definition) is 1. The second-order valence-electron chi connectivity index (χ2n) is 7.96. The van der Waals surface area contributed by atoms with Crippen LogP contribution in [0.4, 0.5) is 5.69 Å². The Morgan fingerprint density at radius 1 is 1.23 bits per heavy atom. The summed E-state index contributed by atoms with van der Waals surface area (Å²) >= 11 is 0. The van der Waals surface area contributed by atoms with E-state index < -0.39 is 0 Å². The molecule has 9 nitrogen and oxygen atoms in total. The van der Waals surface area contributed by atoms with E-state index in [9.17, 15) is 14.4 Å². The fraction of sp³-hybridized carbons (Fsp3) is 0.591. The van der Waals surface area contributed by atoms with Gasteiger partial charge in [-0.3, -0.25) is 14.4 Å². The van der Waals surface area contributed by atoms with Gasteiger partial charge in [0.2, 0.25) is 11.8 Å². The fourth-order valence-electron chi connectivity index (χ4n) is 3.62. The number of carbonyl (C=O) groups is 3. The molecule has 0 spiro atoms. The molecule has 0 saturated carbocycles. The van der Waals surface area contributed by atoms with Gasteiger partial charge in [-0.1, -0.05) is 6.92 Å². The van der Waals surface area contributed by atoms with E-state index in [4.69, 9.17) is 14.2 Å². The van der Waals surface area contributed by atoms with Crippen LogP contribution in [0.25, 0.3) is 0 Å². The number of ether oxygens (including phenoxy) is 3. The van der Waals surface area contributed by atoms with E-state index in [1.54, 1.807) is 42.2 Å². The molecule has 31 heavy (non-hydrogen) atoms. The number of fused-ring (bicyclic) bond motifs is 1. The third-order valence-electron chi connectivity index (χ3n) is 5.41. The van der Waals surface area contributed by atoms with Crippen molar-refractivity contribution in [1.82, 2.24) is 9.80 Å². The van der Waals surface area contributed by atoms with Crippen LogP contribution in [0.5, 0.6) is 5.75 Å². The van der Waals surface area contributed by atoms with Gasteiger partial charge in [-0.2, -0.15) is 0 Å².